The summed E-state index contributed by atoms with van der Waals surface area (Å²) < 4.78 is 0.955. The second-order valence-corrected chi connectivity index (χ2v) is 4.94. The van der Waals surface area contributed by atoms with Gasteiger partial charge in [-0.25, -0.2) is 9.97 Å². The third-order valence-electron chi connectivity index (χ3n) is 2.64. The minimum atomic E-state index is 0.670. The zero-order valence-corrected chi connectivity index (χ0v) is 12.7. The van der Waals surface area contributed by atoms with Gasteiger partial charge < -0.3 is 5.32 Å². The van der Waals surface area contributed by atoms with Gasteiger partial charge in [0.15, 0.2) is 5.82 Å². The average Bonchev–Trinajstić information content (AvgIpc) is 2.44. The maximum atomic E-state index is 4.61. The van der Waals surface area contributed by atoms with Crippen molar-refractivity contribution in [2.75, 3.05) is 11.9 Å². The first-order chi connectivity index (χ1) is 9.26. The van der Waals surface area contributed by atoms with Gasteiger partial charge in [0.2, 0.25) is 0 Å². The molecule has 4 nitrogen and oxygen atoms in total. The van der Waals surface area contributed by atoms with E-state index in [1.165, 1.54) is 0 Å². The maximum absolute atomic E-state index is 4.61. The van der Waals surface area contributed by atoms with Crippen LogP contribution in [0.25, 0.3) is 11.5 Å². The molecule has 100 valence electrons. The first-order valence-electron chi connectivity index (χ1n) is 6.48. The average molecular weight is 321 g/mol. The fourth-order valence-electron chi connectivity index (χ4n) is 1.79. The van der Waals surface area contributed by atoms with Crippen LogP contribution in [0.15, 0.2) is 28.9 Å². The van der Waals surface area contributed by atoms with Gasteiger partial charge in [-0.15, -0.1) is 0 Å². The normalized spacial score (nSPS) is 10.5. The molecule has 0 atom stereocenters. The molecule has 2 aromatic heterocycles. The van der Waals surface area contributed by atoms with Gasteiger partial charge in [0.1, 0.15) is 11.5 Å². The molecular formula is C14H17BrN4. The van der Waals surface area contributed by atoms with E-state index in [4.69, 9.17) is 0 Å². The summed E-state index contributed by atoms with van der Waals surface area (Å²) >= 11 is 3.58. The lowest BCUT2D eigenvalue weighted by molar-refractivity contribution is 0.866. The molecule has 2 rings (SSSR count). The van der Waals surface area contributed by atoms with Crippen LogP contribution in [-0.4, -0.2) is 21.5 Å². The number of anilines is 1. The Labute approximate surface area is 121 Å². The molecule has 0 saturated heterocycles. The molecule has 0 aromatic carbocycles. The molecule has 19 heavy (non-hydrogen) atoms. The number of hydrogen-bond acceptors (Lipinski definition) is 4. The van der Waals surface area contributed by atoms with E-state index < -0.39 is 0 Å². The number of pyridine rings is 1. The molecule has 2 aromatic rings. The van der Waals surface area contributed by atoms with E-state index in [2.05, 4.69) is 50.0 Å². The lowest BCUT2D eigenvalue weighted by Gasteiger charge is -2.11. The predicted molar refractivity (Wildman–Crippen MR) is 81.1 cm³/mol. The van der Waals surface area contributed by atoms with Crippen molar-refractivity contribution in [3.8, 4) is 11.5 Å². The molecule has 0 bridgehead atoms. The van der Waals surface area contributed by atoms with Gasteiger partial charge in [-0.05, 0) is 41.4 Å². The third kappa shape index (κ3) is 3.29. The minimum absolute atomic E-state index is 0.670. The Kier molecular flexibility index (Phi) is 4.85. The van der Waals surface area contributed by atoms with E-state index in [1.807, 2.05) is 18.2 Å². The van der Waals surface area contributed by atoms with Crippen molar-refractivity contribution in [1.29, 1.82) is 0 Å². The molecule has 0 aliphatic rings. The van der Waals surface area contributed by atoms with Gasteiger partial charge in [-0.3, -0.25) is 4.98 Å². The van der Waals surface area contributed by atoms with Crippen molar-refractivity contribution in [2.24, 2.45) is 0 Å². The van der Waals surface area contributed by atoms with Crippen molar-refractivity contribution in [3.63, 3.8) is 0 Å². The Balaban J connectivity index is 2.49. The summed E-state index contributed by atoms with van der Waals surface area (Å²) in [5.74, 6) is 1.50. The lowest BCUT2D eigenvalue weighted by Crippen LogP contribution is -2.06. The van der Waals surface area contributed by atoms with Crippen LogP contribution in [0.2, 0.25) is 0 Å². The van der Waals surface area contributed by atoms with Crippen LogP contribution in [0.4, 0.5) is 5.82 Å². The Bertz CT molecular complexity index is 515. The highest BCUT2D eigenvalue weighted by Crippen LogP contribution is 2.27. The van der Waals surface area contributed by atoms with Crippen LogP contribution in [0.5, 0.6) is 0 Å². The highest BCUT2D eigenvalue weighted by molar-refractivity contribution is 9.10. The van der Waals surface area contributed by atoms with Gasteiger partial charge in [0.25, 0.3) is 0 Å². The van der Waals surface area contributed by atoms with Gasteiger partial charge in [0, 0.05) is 12.7 Å². The number of aromatic nitrogens is 3. The number of nitrogens with one attached hydrogen (secondary N) is 1. The van der Waals surface area contributed by atoms with Crippen LogP contribution in [0.3, 0.4) is 0 Å². The molecule has 5 heteroatoms. The lowest BCUT2D eigenvalue weighted by atomic mass is 10.2. The van der Waals surface area contributed by atoms with Crippen LogP contribution in [0.1, 0.15) is 26.0 Å². The Morgan fingerprint density at radius 1 is 1.21 bits per heavy atom. The molecule has 2 heterocycles. The highest BCUT2D eigenvalue weighted by atomic mass is 79.9. The van der Waals surface area contributed by atoms with E-state index in [1.54, 1.807) is 6.20 Å². The molecule has 0 spiro atoms. The first kappa shape index (κ1) is 13.9. The molecule has 0 unspecified atom stereocenters. The van der Waals surface area contributed by atoms with Crippen LogP contribution >= 0.6 is 15.9 Å². The molecular weight excluding hydrogens is 304 g/mol. The smallest absolute Gasteiger partial charge is 0.180 e. The topological polar surface area (TPSA) is 50.7 Å². The van der Waals surface area contributed by atoms with Gasteiger partial charge in [0.05, 0.1) is 10.2 Å². The predicted octanol–water partition coefficient (Wildman–Crippen LogP) is 3.69. The second kappa shape index (κ2) is 6.61. The quantitative estimate of drug-likeness (QED) is 0.912. The van der Waals surface area contributed by atoms with Crippen molar-refractivity contribution in [2.45, 2.75) is 26.7 Å². The van der Waals surface area contributed by atoms with Crippen molar-refractivity contribution < 1.29 is 0 Å². The number of aryl methyl sites for hydroxylation is 1. The van der Waals surface area contributed by atoms with E-state index in [-0.39, 0.29) is 0 Å². The maximum Gasteiger partial charge on any atom is 0.180 e. The molecule has 0 radical (unpaired) electrons. The Hall–Kier alpha value is -1.49. The van der Waals surface area contributed by atoms with Crippen molar-refractivity contribution in [1.82, 2.24) is 15.0 Å². The van der Waals surface area contributed by atoms with Gasteiger partial charge in [-0.1, -0.05) is 19.4 Å². The third-order valence-corrected chi connectivity index (χ3v) is 3.48. The highest BCUT2D eigenvalue weighted by Gasteiger charge is 2.12. The van der Waals surface area contributed by atoms with Crippen molar-refractivity contribution in [3.05, 3.63) is 34.6 Å². The SMILES string of the molecule is CCCc1nc(-c2ccccn2)nc(NCC)c1Br. The zero-order chi connectivity index (χ0) is 13.7. The summed E-state index contributed by atoms with van der Waals surface area (Å²) in [6, 6.07) is 5.76. The molecule has 0 aliphatic heterocycles. The number of halogens is 1. The molecule has 1 N–H and O–H groups in total. The molecule has 0 saturated carbocycles. The fourth-order valence-corrected chi connectivity index (χ4v) is 2.31. The summed E-state index contributed by atoms with van der Waals surface area (Å²) in [5, 5.41) is 3.26. The number of hydrogen-bond donors (Lipinski definition) is 1. The summed E-state index contributed by atoms with van der Waals surface area (Å²) in [7, 11) is 0. The standard InChI is InChI=1S/C14H17BrN4/c1-3-7-10-12(15)14(16-4-2)19-13(18-10)11-8-5-6-9-17-11/h5-6,8-9H,3-4,7H2,1-2H3,(H,16,18,19). The monoisotopic (exact) mass is 320 g/mol. The summed E-state index contributed by atoms with van der Waals surface area (Å²) in [6.45, 7) is 5.01. The van der Waals surface area contributed by atoms with Crippen LogP contribution in [-0.2, 0) is 6.42 Å². The molecule has 0 fully saturated rings. The molecule has 0 amide bonds. The van der Waals surface area contributed by atoms with Gasteiger partial charge >= 0.3 is 0 Å². The number of rotatable bonds is 5. The zero-order valence-electron chi connectivity index (χ0n) is 11.2. The minimum Gasteiger partial charge on any atom is -0.369 e. The Morgan fingerprint density at radius 3 is 2.68 bits per heavy atom. The number of nitrogens with zero attached hydrogens (tertiary/aromatic N) is 3. The van der Waals surface area contributed by atoms with E-state index in [0.29, 0.717) is 5.82 Å². The van der Waals surface area contributed by atoms with E-state index in [9.17, 15) is 0 Å². The first-order valence-corrected chi connectivity index (χ1v) is 7.27. The molecule has 0 aliphatic carbocycles. The Morgan fingerprint density at radius 2 is 2.05 bits per heavy atom. The van der Waals surface area contributed by atoms with Crippen LogP contribution < -0.4 is 5.32 Å². The summed E-state index contributed by atoms with van der Waals surface area (Å²) in [5.41, 5.74) is 1.82. The van der Waals surface area contributed by atoms with Gasteiger partial charge in [-0.2, -0.15) is 0 Å². The largest absolute Gasteiger partial charge is 0.369 e. The van der Waals surface area contributed by atoms with E-state index in [0.717, 1.165) is 41.1 Å². The van der Waals surface area contributed by atoms with E-state index >= 15 is 0 Å². The summed E-state index contributed by atoms with van der Waals surface area (Å²) in [4.78, 5) is 13.5. The second-order valence-electron chi connectivity index (χ2n) is 4.15. The summed E-state index contributed by atoms with van der Waals surface area (Å²) in [6.07, 6.45) is 3.72. The van der Waals surface area contributed by atoms with Crippen molar-refractivity contribution >= 4 is 21.7 Å². The fraction of sp³-hybridized carbons (Fsp3) is 0.357. The van der Waals surface area contributed by atoms with Crippen LogP contribution in [0, 0.1) is 0 Å².